The second-order valence-electron chi connectivity index (χ2n) is 5.93. The maximum absolute atomic E-state index is 6.06. The smallest absolute Gasteiger partial charge is 0.0304 e. The Labute approximate surface area is 114 Å². The van der Waals surface area contributed by atoms with Crippen LogP contribution in [0.1, 0.15) is 52.9 Å². The summed E-state index contributed by atoms with van der Waals surface area (Å²) in [6.45, 7) is 13.7. The number of likely N-dealkylation sites (N-methyl/N-ethyl adjacent to an activating group) is 1. The van der Waals surface area contributed by atoms with E-state index in [1.165, 1.54) is 64.8 Å². The summed E-state index contributed by atoms with van der Waals surface area (Å²) in [7, 11) is 0. The largest absolute Gasteiger partial charge is 0.329 e. The second kappa shape index (κ2) is 8.13. The quantitative estimate of drug-likeness (QED) is 0.676. The molecule has 1 atom stereocenters. The Morgan fingerprint density at radius 3 is 2.17 bits per heavy atom. The van der Waals surface area contributed by atoms with Crippen molar-refractivity contribution in [3.8, 4) is 0 Å². The zero-order chi connectivity index (χ0) is 13.4. The molecule has 3 nitrogen and oxygen atoms in total. The average Bonchev–Trinajstić information content (AvgIpc) is 2.43. The molecule has 0 aliphatic carbocycles. The number of nitrogens with zero attached hydrogens (tertiary/aromatic N) is 2. The Bertz CT molecular complexity index is 212. The van der Waals surface area contributed by atoms with Crippen molar-refractivity contribution in [1.29, 1.82) is 0 Å². The molecule has 0 aromatic heterocycles. The maximum Gasteiger partial charge on any atom is 0.0304 e. The maximum atomic E-state index is 6.06. The highest BCUT2D eigenvalue weighted by Crippen LogP contribution is 2.23. The molecule has 0 aromatic carbocycles. The summed E-state index contributed by atoms with van der Waals surface area (Å²) in [6, 6.07) is 0. The first-order valence-electron chi connectivity index (χ1n) is 7.83. The average molecular weight is 255 g/mol. The molecule has 0 amide bonds. The SMILES string of the molecule is CCCCCCC(C)(CN)N1CCN(CC)CC1. The monoisotopic (exact) mass is 255 g/mol. The van der Waals surface area contributed by atoms with Crippen molar-refractivity contribution in [1.82, 2.24) is 9.80 Å². The van der Waals surface area contributed by atoms with Crippen LogP contribution in [0.2, 0.25) is 0 Å². The van der Waals surface area contributed by atoms with Crippen molar-refractivity contribution in [2.24, 2.45) is 5.73 Å². The van der Waals surface area contributed by atoms with Gasteiger partial charge in [0.25, 0.3) is 0 Å². The number of rotatable bonds is 8. The van der Waals surface area contributed by atoms with Crippen molar-refractivity contribution in [2.45, 2.75) is 58.4 Å². The van der Waals surface area contributed by atoms with E-state index in [1.807, 2.05) is 0 Å². The van der Waals surface area contributed by atoms with Gasteiger partial charge in [0.05, 0.1) is 0 Å². The van der Waals surface area contributed by atoms with Gasteiger partial charge in [0.15, 0.2) is 0 Å². The molecule has 1 saturated heterocycles. The first-order valence-corrected chi connectivity index (χ1v) is 7.83. The van der Waals surface area contributed by atoms with E-state index in [1.54, 1.807) is 0 Å². The van der Waals surface area contributed by atoms with Crippen LogP contribution in [0.3, 0.4) is 0 Å². The van der Waals surface area contributed by atoms with E-state index in [4.69, 9.17) is 5.73 Å². The van der Waals surface area contributed by atoms with Crippen LogP contribution in [-0.2, 0) is 0 Å². The fraction of sp³-hybridized carbons (Fsp3) is 1.00. The molecule has 2 N–H and O–H groups in total. The normalized spacial score (nSPS) is 22.0. The molecule has 0 saturated carbocycles. The zero-order valence-corrected chi connectivity index (χ0v) is 12.7. The lowest BCUT2D eigenvalue weighted by Gasteiger charge is -2.45. The minimum Gasteiger partial charge on any atom is -0.329 e. The van der Waals surface area contributed by atoms with E-state index in [9.17, 15) is 0 Å². The van der Waals surface area contributed by atoms with Gasteiger partial charge in [-0.2, -0.15) is 0 Å². The summed E-state index contributed by atoms with van der Waals surface area (Å²) in [5.41, 5.74) is 6.29. The van der Waals surface area contributed by atoms with Gasteiger partial charge in [-0.15, -0.1) is 0 Å². The number of unbranched alkanes of at least 4 members (excludes halogenated alkanes) is 3. The van der Waals surface area contributed by atoms with Gasteiger partial charge < -0.3 is 10.6 Å². The molecule has 1 aliphatic rings. The van der Waals surface area contributed by atoms with Crippen LogP contribution in [0, 0.1) is 0 Å². The molecule has 3 heteroatoms. The summed E-state index contributed by atoms with van der Waals surface area (Å²) >= 11 is 0. The van der Waals surface area contributed by atoms with E-state index < -0.39 is 0 Å². The van der Waals surface area contributed by atoms with Crippen LogP contribution in [0.4, 0.5) is 0 Å². The molecule has 0 radical (unpaired) electrons. The van der Waals surface area contributed by atoms with Crippen LogP contribution in [-0.4, -0.2) is 54.6 Å². The van der Waals surface area contributed by atoms with E-state index in [2.05, 4.69) is 30.6 Å². The van der Waals surface area contributed by atoms with Crippen molar-refractivity contribution < 1.29 is 0 Å². The molecule has 0 aromatic rings. The first kappa shape index (κ1) is 15.9. The van der Waals surface area contributed by atoms with Gasteiger partial charge in [-0.3, -0.25) is 4.90 Å². The Kier molecular flexibility index (Phi) is 7.20. The Hall–Kier alpha value is -0.120. The minimum atomic E-state index is 0.230. The highest BCUT2D eigenvalue weighted by Gasteiger charge is 2.31. The van der Waals surface area contributed by atoms with Crippen molar-refractivity contribution in [3.05, 3.63) is 0 Å². The third-order valence-corrected chi connectivity index (χ3v) is 4.59. The summed E-state index contributed by atoms with van der Waals surface area (Å²) in [5.74, 6) is 0. The molecule has 1 rings (SSSR count). The van der Waals surface area contributed by atoms with E-state index >= 15 is 0 Å². The molecule has 0 bridgehead atoms. The molecule has 1 unspecified atom stereocenters. The molecule has 1 heterocycles. The number of hydrogen-bond acceptors (Lipinski definition) is 3. The third-order valence-electron chi connectivity index (χ3n) is 4.59. The van der Waals surface area contributed by atoms with Crippen LogP contribution < -0.4 is 5.73 Å². The van der Waals surface area contributed by atoms with Crippen LogP contribution in [0.25, 0.3) is 0 Å². The Morgan fingerprint density at radius 1 is 1.00 bits per heavy atom. The summed E-state index contributed by atoms with van der Waals surface area (Å²) in [6.07, 6.45) is 6.63. The molecular weight excluding hydrogens is 222 g/mol. The molecule has 108 valence electrons. The lowest BCUT2D eigenvalue weighted by Crippen LogP contribution is -2.58. The van der Waals surface area contributed by atoms with Gasteiger partial charge in [0.1, 0.15) is 0 Å². The van der Waals surface area contributed by atoms with Gasteiger partial charge in [0, 0.05) is 38.3 Å². The summed E-state index contributed by atoms with van der Waals surface area (Å²) in [4.78, 5) is 5.16. The third kappa shape index (κ3) is 4.52. The van der Waals surface area contributed by atoms with E-state index in [-0.39, 0.29) is 5.54 Å². The fourth-order valence-electron chi connectivity index (χ4n) is 2.93. The predicted molar refractivity (Wildman–Crippen MR) is 79.9 cm³/mol. The van der Waals surface area contributed by atoms with Gasteiger partial charge in [-0.25, -0.2) is 0 Å². The van der Waals surface area contributed by atoms with Gasteiger partial charge in [-0.05, 0) is 19.9 Å². The van der Waals surface area contributed by atoms with Crippen molar-refractivity contribution >= 4 is 0 Å². The van der Waals surface area contributed by atoms with Gasteiger partial charge >= 0.3 is 0 Å². The van der Waals surface area contributed by atoms with Crippen LogP contribution in [0.5, 0.6) is 0 Å². The Morgan fingerprint density at radius 2 is 1.67 bits per heavy atom. The van der Waals surface area contributed by atoms with Crippen molar-refractivity contribution in [3.63, 3.8) is 0 Å². The zero-order valence-electron chi connectivity index (χ0n) is 12.7. The van der Waals surface area contributed by atoms with Crippen LogP contribution in [0.15, 0.2) is 0 Å². The summed E-state index contributed by atoms with van der Waals surface area (Å²) < 4.78 is 0. The lowest BCUT2D eigenvalue weighted by molar-refractivity contribution is 0.0417. The summed E-state index contributed by atoms with van der Waals surface area (Å²) in [5, 5.41) is 0. The van der Waals surface area contributed by atoms with Gasteiger partial charge in [-0.1, -0.05) is 39.5 Å². The van der Waals surface area contributed by atoms with E-state index in [0.29, 0.717) is 0 Å². The molecule has 1 aliphatic heterocycles. The number of piperazine rings is 1. The number of nitrogens with two attached hydrogens (primary N) is 1. The van der Waals surface area contributed by atoms with Crippen molar-refractivity contribution in [2.75, 3.05) is 39.3 Å². The highest BCUT2D eigenvalue weighted by atomic mass is 15.3. The molecule has 18 heavy (non-hydrogen) atoms. The van der Waals surface area contributed by atoms with E-state index in [0.717, 1.165) is 6.54 Å². The standard InChI is InChI=1S/C15H33N3/c1-4-6-7-8-9-15(3,14-16)18-12-10-17(5-2)11-13-18/h4-14,16H2,1-3H3. The molecule has 1 fully saturated rings. The van der Waals surface area contributed by atoms with Gasteiger partial charge in [0.2, 0.25) is 0 Å². The molecular formula is C15H33N3. The topological polar surface area (TPSA) is 32.5 Å². The second-order valence-corrected chi connectivity index (χ2v) is 5.93. The lowest BCUT2D eigenvalue weighted by atomic mass is 9.91. The fourth-order valence-corrected chi connectivity index (χ4v) is 2.93. The first-order chi connectivity index (χ1) is 8.66. The Balaban J connectivity index is 2.38. The van der Waals surface area contributed by atoms with Crippen LogP contribution >= 0.6 is 0 Å². The minimum absolute atomic E-state index is 0.230. The highest BCUT2D eigenvalue weighted by molar-refractivity contribution is 4.90. The number of hydrogen-bond donors (Lipinski definition) is 1. The predicted octanol–water partition coefficient (Wildman–Crippen LogP) is 2.31. The molecule has 0 spiro atoms.